The first kappa shape index (κ1) is 19.8. The predicted molar refractivity (Wildman–Crippen MR) is 121 cm³/mol. The number of anilines is 1. The Bertz CT molecular complexity index is 1200. The van der Waals surface area contributed by atoms with Crippen LogP contribution in [-0.4, -0.2) is 28.2 Å². The molecule has 160 valence electrons. The van der Waals surface area contributed by atoms with Crippen LogP contribution in [0.25, 0.3) is 11.0 Å². The zero-order valence-corrected chi connectivity index (χ0v) is 18.4. The molecule has 2 aromatic heterocycles. The van der Waals surface area contributed by atoms with Crippen LogP contribution in [-0.2, 0) is 13.0 Å². The van der Waals surface area contributed by atoms with E-state index in [0.29, 0.717) is 31.2 Å². The second-order valence-electron chi connectivity index (χ2n) is 7.49. The number of hydrogen-bond donors (Lipinski definition) is 1. The molecule has 0 unspecified atom stereocenters. The van der Waals surface area contributed by atoms with E-state index < -0.39 is 0 Å². The summed E-state index contributed by atoms with van der Waals surface area (Å²) in [5, 5.41) is 9.53. The van der Waals surface area contributed by atoms with Crippen molar-refractivity contribution in [3.05, 3.63) is 59.4 Å². The van der Waals surface area contributed by atoms with Gasteiger partial charge in [0.2, 0.25) is 0 Å². The van der Waals surface area contributed by atoms with Gasteiger partial charge in [0.05, 0.1) is 24.7 Å². The van der Waals surface area contributed by atoms with Crippen molar-refractivity contribution in [3.8, 4) is 11.5 Å². The quantitative estimate of drug-likeness (QED) is 0.398. The lowest BCUT2D eigenvalue weighted by molar-refractivity contribution is 0.291. The maximum absolute atomic E-state index is 6.12. The Morgan fingerprint density at radius 1 is 1.29 bits per heavy atom. The second kappa shape index (κ2) is 8.55. The van der Waals surface area contributed by atoms with Crippen LogP contribution in [0.3, 0.4) is 0 Å². The van der Waals surface area contributed by atoms with Crippen molar-refractivity contribution >= 4 is 28.7 Å². The Morgan fingerprint density at radius 2 is 2.23 bits per heavy atom. The average Bonchev–Trinajstić information content (AvgIpc) is 3.44. The Balaban J connectivity index is 1.48. The van der Waals surface area contributed by atoms with Crippen molar-refractivity contribution in [3.63, 3.8) is 0 Å². The molecule has 1 aliphatic rings. The first-order chi connectivity index (χ1) is 15.2. The molecule has 0 saturated carbocycles. The zero-order chi connectivity index (χ0) is 21.2. The fourth-order valence-electron chi connectivity index (χ4n) is 3.87. The van der Waals surface area contributed by atoms with E-state index in [1.807, 2.05) is 29.9 Å². The van der Waals surface area contributed by atoms with Crippen molar-refractivity contribution in [2.45, 2.75) is 38.1 Å². The number of rotatable bonds is 7. The van der Waals surface area contributed by atoms with Crippen LogP contribution in [0.5, 0.6) is 11.5 Å². The minimum absolute atomic E-state index is 0.615. The lowest BCUT2D eigenvalue weighted by Crippen LogP contribution is -2.13. The molecule has 0 amide bonds. The largest absolute Gasteiger partial charge is 0.493 e. The van der Waals surface area contributed by atoms with E-state index in [2.05, 4.69) is 40.1 Å². The van der Waals surface area contributed by atoms with Crippen LogP contribution in [0.2, 0.25) is 0 Å². The molecule has 0 atom stereocenters. The van der Waals surface area contributed by atoms with Crippen LogP contribution in [0.4, 0.5) is 5.82 Å². The number of aromatic nitrogens is 3. The van der Waals surface area contributed by atoms with Crippen LogP contribution >= 0.6 is 11.9 Å². The molecule has 5 rings (SSSR count). The van der Waals surface area contributed by atoms with Gasteiger partial charge in [-0.3, -0.25) is 4.68 Å². The van der Waals surface area contributed by atoms with Gasteiger partial charge in [0, 0.05) is 18.0 Å². The third-order valence-corrected chi connectivity index (χ3v) is 6.13. The first-order valence-corrected chi connectivity index (χ1v) is 11.2. The molecule has 8 heteroatoms. The Kier molecular flexibility index (Phi) is 5.46. The molecule has 2 aromatic carbocycles. The fourth-order valence-corrected chi connectivity index (χ4v) is 4.57. The average molecular weight is 437 g/mol. The maximum atomic E-state index is 6.12. The van der Waals surface area contributed by atoms with Gasteiger partial charge < -0.3 is 18.7 Å². The highest BCUT2D eigenvalue weighted by Gasteiger charge is 2.24. The monoisotopic (exact) mass is 436 g/mol. The summed E-state index contributed by atoms with van der Waals surface area (Å²) in [6.07, 6.45) is 5.71. The summed E-state index contributed by atoms with van der Waals surface area (Å²) in [5.41, 5.74) is 4.22. The lowest BCUT2D eigenvalue weighted by Gasteiger charge is -2.21. The van der Waals surface area contributed by atoms with Crippen LogP contribution in [0.1, 0.15) is 30.0 Å². The summed E-state index contributed by atoms with van der Waals surface area (Å²) >= 11 is 1.46. The standard InChI is InChI=1S/C23H24N4O3S/c1-3-28-18-12-15(2)7-8-20(18)31-26-23-21-19(30-25-23)13-16(14-27-10-5-9-24-27)17-6-4-11-29-22(17)21/h5,7-10,12-13H,3-4,6,11,14H2,1-2H3,(H,25,26). The van der Waals surface area contributed by atoms with Gasteiger partial charge in [0.25, 0.3) is 0 Å². The van der Waals surface area contributed by atoms with Crippen molar-refractivity contribution in [1.29, 1.82) is 0 Å². The Morgan fingerprint density at radius 3 is 3.06 bits per heavy atom. The highest BCUT2D eigenvalue weighted by atomic mass is 32.2. The molecular weight excluding hydrogens is 412 g/mol. The summed E-state index contributed by atoms with van der Waals surface area (Å²) in [6.45, 7) is 6.02. The van der Waals surface area contributed by atoms with E-state index in [1.54, 1.807) is 6.20 Å². The number of ether oxygens (including phenoxy) is 2. The molecule has 0 fully saturated rings. The number of nitrogens with zero attached hydrogens (tertiary/aromatic N) is 3. The van der Waals surface area contributed by atoms with Gasteiger partial charge in [-0.25, -0.2) is 0 Å². The van der Waals surface area contributed by atoms with E-state index in [4.69, 9.17) is 14.0 Å². The summed E-state index contributed by atoms with van der Waals surface area (Å²) in [6, 6.07) is 10.1. The molecule has 7 nitrogen and oxygen atoms in total. The summed E-state index contributed by atoms with van der Waals surface area (Å²) in [5.74, 6) is 2.38. The molecule has 1 N–H and O–H groups in total. The van der Waals surface area contributed by atoms with Crippen molar-refractivity contribution < 1.29 is 14.0 Å². The molecule has 0 aliphatic carbocycles. The van der Waals surface area contributed by atoms with E-state index >= 15 is 0 Å². The molecule has 4 aromatic rings. The smallest absolute Gasteiger partial charge is 0.191 e. The summed E-state index contributed by atoms with van der Waals surface area (Å²) in [4.78, 5) is 0.994. The first-order valence-electron chi connectivity index (χ1n) is 10.4. The van der Waals surface area contributed by atoms with Gasteiger partial charge in [0.1, 0.15) is 16.9 Å². The maximum Gasteiger partial charge on any atom is 0.191 e. The van der Waals surface area contributed by atoms with Crippen molar-refractivity contribution in [2.24, 2.45) is 0 Å². The Hall–Kier alpha value is -3.13. The molecule has 0 radical (unpaired) electrons. The summed E-state index contributed by atoms with van der Waals surface area (Å²) in [7, 11) is 0. The third kappa shape index (κ3) is 3.95. The molecule has 0 saturated heterocycles. The molecule has 0 bridgehead atoms. The summed E-state index contributed by atoms with van der Waals surface area (Å²) < 4.78 is 22.9. The third-order valence-electron chi connectivity index (χ3n) is 5.28. The van der Waals surface area contributed by atoms with Crippen LogP contribution in [0.15, 0.2) is 52.1 Å². The highest BCUT2D eigenvalue weighted by molar-refractivity contribution is 8.00. The topological polar surface area (TPSA) is 74.3 Å². The van der Waals surface area contributed by atoms with Crippen LogP contribution in [0, 0.1) is 6.92 Å². The van der Waals surface area contributed by atoms with Gasteiger partial charge in [0.15, 0.2) is 11.4 Å². The normalized spacial score (nSPS) is 13.1. The van der Waals surface area contributed by atoms with Gasteiger partial charge in [-0.05, 0) is 74.0 Å². The number of nitrogens with one attached hydrogen (secondary N) is 1. The van der Waals surface area contributed by atoms with E-state index in [0.717, 1.165) is 45.7 Å². The van der Waals surface area contributed by atoms with Crippen molar-refractivity contribution in [1.82, 2.24) is 14.9 Å². The van der Waals surface area contributed by atoms with Gasteiger partial charge in [-0.15, -0.1) is 0 Å². The molecule has 31 heavy (non-hydrogen) atoms. The van der Waals surface area contributed by atoms with Crippen molar-refractivity contribution in [2.75, 3.05) is 17.9 Å². The number of benzene rings is 2. The minimum Gasteiger partial charge on any atom is -0.493 e. The molecule has 1 aliphatic heterocycles. The van der Waals surface area contributed by atoms with Gasteiger partial charge in [-0.1, -0.05) is 11.2 Å². The van der Waals surface area contributed by atoms with Gasteiger partial charge in [-0.2, -0.15) is 5.10 Å². The zero-order valence-electron chi connectivity index (χ0n) is 17.6. The molecule has 3 heterocycles. The van der Waals surface area contributed by atoms with E-state index in [1.165, 1.54) is 17.5 Å². The number of aryl methyl sites for hydroxylation is 1. The van der Waals surface area contributed by atoms with Gasteiger partial charge >= 0.3 is 0 Å². The SMILES string of the molecule is CCOc1cc(C)ccc1SNc1noc2cc(Cn3cccn3)c3c(c12)OCCC3. The molecule has 0 spiro atoms. The predicted octanol–water partition coefficient (Wildman–Crippen LogP) is 5.22. The van der Waals surface area contributed by atoms with Crippen LogP contribution < -0.4 is 14.2 Å². The van der Waals surface area contributed by atoms with E-state index in [9.17, 15) is 0 Å². The lowest BCUT2D eigenvalue weighted by atomic mass is 9.97. The Labute approximate surface area is 184 Å². The number of fused-ring (bicyclic) bond motifs is 3. The number of hydrogen-bond acceptors (Lipinski definition) is 7. The second-order valence-corrected chi connectivity index (χ2v) is 8.34. The highest BCUT2D eigenvalue weighted by Crippen LogP contribution is 2.42. The fraction of sp³-hybridized carbons (Fsp3) is 0.304. The molecular formula is C23H24N4O3S. The minimum atomic E-state index is 0.615. The van der Waals surface area contributed by atoms with E-state index in [-0.39, 0.29) is 0 Å².